The molecule has 0 aliphatic carbocycles. The van der Waals surface area contributed by atoms with Crippen molar-refractivity contribution in [2.24, 2.45) is 5.92 Å². The normalized spacial score (nSPS) is 16.0. The molecule has 0 aromatic rings. The van der Waals surface area contributed by atoms with Gasteiger partial charge >= 0.3 is 0 Å². The lowest BCUT2D eigenvalue weighted by atomic mass is 9.96. The molecule has 0 radical (unpaired) electrons. The molecule has 0 saturated carbocycles. The van der Waals surface area contributed by atoms with Crippen molar-refractivity contribution in [2.75, 3.05) is 13.1 Å². The van der Waals surface area contributed by atoms with E-state index in [0.717, 1.165) is 38.3 Å². The van der Waals surface area contributed by atoms with Crippen LogP contribution in [0.2, 0.25) is 0 Å². The summed E-state index contributed by atoms with van der Waals surface area (Å²) in [5.74, 6) is 1.29. The van der Waals surface area contributed by atoms with Gasteiger partial charge in [-0.25, -0.2) is 0 Å². The molecule has 1 unspecified atom stereocenters. The highest BCUT2D eigenvalue weighted by Crippen LogP contribution is 2.17. The van der Waals surface area contributed by atoms with Crippen LogP contribution in [0.5, 0.6) is 0 Å². The van der Waals surface area contributed by atoms with Gasteiger partial charge in [0.15, 0.2) is 0 Å². The average Bonchev–Trinajstić information content (AvgIpc) is 3.15. The highest BCUT2D eigenvalue weighted by molar-refractivity contribution is 5.76. The standard InChI is InChI=1S/C23H43NO/c1-3-4-5-12-17-22(2)18-13-10-8-6-7-9-11-14-19-23(25)24-20-15-16-21-24/h7,9,22H,3-6,8,10-21H2,1-2H3. The zero-order valence-electron chi connectivity index (χ0n) is 17.1. The minimum atomic E-state index is 0.370. The van der Waals surface area contributed by atoms with E-state index in [-0.39, 0.29) is 0 Å². The Morgan fingerprint density at radius 1 is 0.880 bits per heavy atom. The summed E-state index contributed by atoms with van der Waals surface area (Å²) in [6, 6.07) is 0. The Morgan fingerprint density at radius 2 is 1.48 bits per heavy atom. The van der Waals surface area contributed by atoms with Gasteiger partial charge in [-0.05, 0) is 44.4 Å². The molecular weight excluding hydrogens is 306 g/mol. The van der Waals surface area contributed by atoms with E-state index in [0.29, 0.717) is 5.91 Å². The smallest absolute Gasteiger partial charge is 0.222 e. The van der Waals surface area contributed by atoms with Gasteiger partial charge in [0.1, 0.15) is 0 Å². The topological polar surface area (TPSA) is 20.3 Å². The molecule has 25 heavy (non-hydrogen) atoms. The molecule has 0 aromatic carbocycles. The van der Waals surface area contributed by atoms with Crippen molar-refractivity contribution in [1.29, 1.82) is 0 Å². The van der Waals surface area contributed by atoms with Crippen molar-refractivity contribution in [3.8, 4) is 0 Å². The van der Waals surface area contributed by atoms with Crippen LogP contribution < -0.4 is 0 Å². The number of nitrogens with zero attached hydrogens (tertiary/aromatic N) is 1. The van der Waals surface area contributed by atoms with E-state index in [1.807, 2.05) is 4.90 Å². The molecule has 2 heteroatoms. The fraction of sp³-hybridized carbons (Fsp3) is 0.870. The Hall–Kier alpha value is -0.790. The molecule has 1 atom stereocenters. The SMILES string of the molecule is CCCCCCC(C)CCCCCC=CCCCC(=O)N1CCCC1. The zero-order chi connectivity index (χ0) is 18.2. The van der Waals surface area contributed by atoms with Gasteiger partial charge in [0, 0.05) is 19.5 Å². The molecule has 1 fully saturated rings. The van der Waals surface area contributed by atoms with Gasteiger partial charge in [-0.2, -0.15) is 0 Å². The zero-order valence-corrected chi connectivity index (χ0v) is 17.1. The van der Waals surface area contributed by atoms with Crippen LogP contribution in [0, 0.1) is 5.92 Å². The predicted molar refractivity (Wildman–Crippen MR) is 110 cm³/mol. The van der Waals surface area contributed by atoms with Crippen molar-refractivity contribution in [2.45, 2.75) is 110 Å². The van der Waals surface area contributed by atoms with Crippen LogP contribution in [-0.4, -0.2) is 23.9 Å². The maximum Gasteiger partial charge on any atom is 0.222 e. The Labute approximate surface area is 157 Å². The molecule has 0 aromatic heterocycles. The first-order valence-electron chi connectivity index (χ1n) is 11.2. The molecule has 1 rings (SSSR count). The average molecular weight is 350 g/mol. The van der Waals surface area contributed by atoms with E-state index >= 15 is 0 Å². The lowest BCUT2D eigenvalue weighted by Gasteiger charge is -2.14. The van der Waals surface area contributed by atoms with Crippen LogP contribution in [0.15, 0.2) is 12.2 Å². The van der Waals surface area contributed by atoms with Crippen LogP contribution in [0.1, 0.15) is 110 Å². The Bertz CT molecular complexity index is 344. The van der Waals surface area contributed by atoms with Crippen LogP contribution in [0.3, 0.4) is 0 Å². The van der Waals surface area contributed by atoms with Gasteiger partial charge in [0.2, 0.25) is 5.91 Å². The Kier molecular flexibility index (Phi) is 13.8. The quantitative estimate of drug-likeness (QED) is 0.233. The second-order valence-electron chi connectivity index (χ2n) is 8.04. The fourth-order valence-electron chi connectivity index (χ4n) is 3.73. The van der Waals surface area contributed by atoms with E-state index in [4.69, 9.17) is 0 Å². The van der Waals surface area contributed by atoms with E-state index in [9.17, 15) is 4.79 Å². The number of hydrogen-bond donors (Lipinski definition) is 0. The van der Waals surface area contributed by atoms with E-state index in [1.165, 1.54) is 77.0 Å². The third-order valence-electron chi connectivity index (χ3n) is 5.51. The van der Waals surface area contributed by atoms with Crippen LogP contribution in [0.4, 0.5) is 0 Å². The highest BCUT2D eigenvalue weighted by Gasteiger charge is 2.16. The fourth-order valence-corrected chi connectivity index (χ4v) is 3.73. The molecule has 1 heterocycles. The third kappa shape index (κ3) is 12.2. The summed E-state index contributed by atoms with van der Waals surface area (Å²) in [6.45, 7) is 6.69. The summed E-state index contributed by atoms with van der Waals surface area (Å²) in [6.07, 6.45) is 23.6. The number of carbonyl (C=O) groups is 1. The second-order valence-corrected chi connectivity index (χ2v) is 8.04. The first-order chi connectivity index (χ1) is 12.2. The second kappa shape index (κ2) is 15.5. The number of allylic oxidation sites excluding steroid dienone is 2. The summed E-state index contributed by atoms with van der Waals surface area (Å²) in [5.41, 5.74) is 0. The van der Waals surface area contributed by atoms with E-state index in [1.54, 1.807) is 0 Å². The number of hydrogen-bond acceptors (Lipinski definition) is 1. The Balaban J connectivity index is 1.84. The summed E-state index contributed by atoms with van der Waals surface area (Å²) in [4.78, 5) is 13.9. The molecule has 146 valence electrons. The van der Waals surface area contributed by atoms with Gasteiger partial charge in [0.05, 0.1) is 0 Å². The lowest BCUT2D eigenvalue weighted by Crippen LogP contribution is -2.27. The van der Waals surface area contributed by atoms with Gasteiger partial charge in [-0.15, -0.1) is 0 Å². The monoisotopic (exact) mass is 349 g/mol. The first-order valence-corrected chi connectivity index (χ1v) is 11.2. The largest absolute Gasteiger partial charge is 0.343 e. The molecule has 0 spiro atoms. The molecule has 1 amide bonds. The van der Waals surface area contributed by atoms with Crippen LogP contribution >= 0.6 is 0 Å². The van der Waals surface area contributed by atoms with E-state index < -0.39 is 0 Å². The molecule has 0 N–H and O–H groups in total. The molecule has 2 nitrogen and oxygen atoms in total. The lowest BCUT2D eigenvalue weighted by molar-refractivity contribution is -0.130. The minimum absolute atomic E-state index is 0.370. The Morgan fingerprint density at radius 3 is 2.12 bits per heavy atom. The van der Waals surface area contributed by atoms with Crippen LogP contribution in [-0.2, 0) is 4.79 Å². The van der Waals surface area contributed by atoms with Crippen LogP contribution in [0.25, 0.3) is 0 Å². The molecule has 1 aliphatic rings. The number of rotatable bonds is 15. The summed E-state index contributed by atoms with van der Waals surface area (Å²) < 4.78 is 0. The van der Waals surface area contributed by atoms with Crippen molar-refractivity contribution in [1.82, 2.24) is 4.90 Å². The van der Waals surface area contributed by atoms with Gasteiger partial charge < -0.3 is 4.90 Å². The highest BCUT2D eigenvalue weighted by atomic mass is 16.2. The van der Waals surface area contributed by atoms with Gasteiger partial charge in [-0.1, -0.05) is 77.4 Å². The van der Waals surface area contributed by atoms with E-state index in [2.05, 4.69) is 26.0 Å². The molecule has 1 saturated heterocycles. The van der Waals surface area contributed by atoms with Crippen molar-refractivity contribution in [3.63, 3.8) is 0 Å². The molecule has 0 bridgehead atoms. The van der Waals surface area contributed by atoms with Gasteiger partial charge in [0.25, 0.3) is 0 Å². The number of likely N-dealkylation sites (tertiary alicyclic amines) is 1. The summed E-state index contributed by atoms with van der Waals surface area (Å²) in [7, 11) is 0. The van der Waals surface area contributed by atoms with Crippen molar-refractivity contribution >= 4 is 5.91 Å². The summed E-state index contributed by atoms with van der Waals surface area (Å²) >= 11 is 0. The molecular formula is C23H43NO. The predicted octanol–water partition coefficient (Wildman–Crippen LogP) is 6.89. The van der Waals surface area contributed by atoms with Gasteiger partial charge in [-0.3, -0.25) is 4.79 Å². The van der Waals surface area contributed by atoms with Crippen molar-refractivity contribution < 1.29 is 4.79 Å². The minimum Gasteiger partial charge on any atom is -0.343 e. The molecule has 1 aliphatic heterocycles. The number of carbonyl (C=O) groups excluding carboxylic acids is 1. The first kappa shape index (κ1) is 22.3. The van der Waals surface area contributed by atoms with Crippen molar-refractivity contribution in [3.05, 3.63) is 12.2 Å². The third-order valence-corrected chi connectivity index (χ3v) is 5.51. The maximum absolute atomic E-state index is 11.9. The summed E-state index contributed by atoms with van der Waals surface area (Å²) in [5, 5.41) is 0. The number of amides is 1. The maximum atomic E-state index is 11.9. The number of unbranched alkanes of at least 4 members (excludes halogenated alkanes) is 7.